The zero-order chi connectivity index (χ0) is 11.4. The molecule has 1 aromatic carbocycles. The molecule has 0 spiro atoms. The summed E-state index contributed by atoms with van der Waals surface area (Å²) in [6.45, 7) is 1.54. The molecule has 0 aromatic heterocycles. The number of carboxylic acids is 1. The van der Waals surface area contributed by atoms with Crippen molar-refractivity contribution in [1.29, 1.82) is 0 Å². The molecule has 0 aliphatic carbocycles. The number of carboxylic acid groups (broad SMARTS) is 1. The van der Waals surface area contributed by atoms with Crippen LogP contribution in [0, 0.1) is 11.6 Å². The zero-order valence-electron chi connectivity index (χ0n) is 8.13. The first-order valence-electron chi connectivity index (χ1n) is 4.43. The summed E-state index contributed by atoms with van der Waals surface area (Å²) in [5.74, 6) is -2.48. The maximum Gasteiger partial charge on any atom is 0.305 e. The number of hydrogen-bond acceptors (Lipinski definition) is 2. The number of halogens is 2. The molecule has 3 nitrogen and oxygen atoms in total. The van der Waals surface area contributed by atoms with E-state index in [1.54, 1.807) is 6.92 Å². The third-order valence-electron chi connectivity index (χ3n) is 1.83. The summed E-state index contributed by atoms with van der Waals surface area (Å²) in [6, 6.07) is 2.93. The molecule has 0 saturated heterocycles. The van der Waals surface area contributed by atoms with Crippen molar-refractivity contribution in [2.75, 3.05) is 5.32 Å². The van der Waals surface area contributed by atoms with Gasteiger partial charge in [-0.25, -0.2) is 8.78 Å². The van der Waals surface area contributed by atoms with Crippen molar-refractivity contribution < 1.29 is 18.7 Å². The Balaban J connectivity index is 2.76. The lowest BCUT2D eigenvalue weighted by atomic mass is 10.2. The quantitative estimate of drug-likeness (QED) is 0.809. The van der Waals surface area contributed by atoms with Crippen LogP contribution in [0.15, 0.2) is 18.2 Å². The number of rotatable bonds is 4. The van der Waals surface area contributed by atoms with Crippen molar-refractivity contribution in [3.05, 3.63) is 29.8 Å². The van der Waals surface area contributed by atoms with Gasteiger partial charge in [0.05, 0.1) is 6.42 Å². The van der Waals surface area contributed by atoms with Crippen LogP contribution in [0.3, 0.4) is 0 Å². The van der Waals surface area contributed by atoms with Gasteiger partial charge >= 0.3 is 5.97 Å². The van der Waals surface area contributed by atoms with Gasteiger partial charge in [0.25, 0.3) is 0 Å². The number of hydrogen-bond donors (Lipinski definition) is 2. The molecule has 1 unspecified atom stereocenters. The van der Waals surface area contributed by atoms with Crippen molar-refractivity contribution in [2.24, 2.45) is 0 Å². The van der Waals surface area contributed by atoms with Gasteiger partial charge < -0.3 is 10.4 Å². The van der Waals surface area contributed by atoms with Gasteiger partial charge in [-0.05, 0) is 19.1 Å². The molecule has 15 heavy (non-hydrogen) atoms. The van der Waals surface area contributed by atoms with E-state index in [1.807, 2.05) is 0 Å². The predicted octanol–water partition coefficient (Wildman–Crippen LogP) is 2.24. The molecule has 0 heterocycles. The molecule has 0 aliphatic rings. The fourth-order valence-electron chi connectivity index (χ4n) is 1.20. The molecule has 5 heteroatoms. The number of carbonyl (C=O) groups is 1. The second-order valence-electron chi connectivity index (χ2n) is 3.24. The first-order chi connectivity index (χ1) is 7.00. The third kappa shape index (κ3) is 3.19. The molecule has 0 amide bonds. The molecule has 0 aliphatic heterocycles. The number of nitrogens with one attached hydrogen (secondary N) is 1. The summed E-state index contributed by atoms with van der Waals surface area (Å²) < 4.78 is 26.2. The van der Waals surface area contributed by atoms with Gasteiger partial charge in [0, 0.05) is 6.04 Å². The zero-order valence-corrected chi connectivity index (χ0v) is 8.13. The van der Waals surface area contributed by atoms with Gasteiger partial charge in [0.15, 0.2) is 0 Å². The minimum Gasteiger partial charge on any atom is -0.481 e. The molecule has 1 rings (SSSR count). The van der Waals surface area contributed by atoms with Crippen molar-refractivity contribution >= 4 is 11.7 Å². The van der Waals surface area contributed by atoms with Gasteiger partial charge in [-0.2, -0.15) is 0 Å². The summed E-state index contributed by atoms with van der Waals surface area (Å²) in [6.07, 6.45) is -0.201. The summed E-state index contributed by atoms with van der Waals surface area (Å²) in [7, 11) is 0. The number of anilines is 1. The average Bonchev–Trinajstić information content (AvgIpc) is 2.10. The first kappa shape index (κ1) is 11.4. The van der Waals surface area contributed by atoms with Gasteiger partial charge in [-0.1, -0.05) is 6.07 Å². The maximum atomic E-state index is 13.1. The minimum absolute atomic E-state index is 0.201. The summed E-state index contributed by atoms with van der Waals surface area (Å²) in [5.41, 5.74) is -0.286. The fourth-order valence-corrected chi connectivity index (χ4v) is 1.20. The standard InChI is InChI=1S/C10H11F2NO2/c1-6(5-9(14)15)13-10-7(11)3-2-4-8(10)12/h2-4,6,13H,5H2,1H3,(H,14,15). The van der Waals surface area contributed by atoms with E-state index in [-0.39, 0.29) is 12.1 Å². The Morgan fingerprint density at radius 2 is 2.00 bits per heavy atom. The van der Waals surface area contributed by atoms with Crippen LogP contribution in [0.25, 0.3) is 0 Å². The molecule has 1 atom stereocenters. The highest BCUT2D eigenvalue weighted by Gasteiger charge is 2.13. The van der Waals surface area contributed by atoms with E-state index < -0.39 is 23.6 Å². The summed E-state index contributed by atoms with van der Waals surface area (Å²) in [5, 5.41) is 11.0. The Morgan fingerprint density at radius 1 is 1.47 bits per heavy atom. The SMILES string of the molecule is CC(CC(=O)O)Nc1c(F)cccc1F. The molecular weight excluding hydrogens is 204 g/mol. The second kappa shape index (κ2) is 4.72. The van der Waals surface area contributed by atoms with E-state index in [9.17, 15) is 13.6 Å². The van der Waals surface area contributed by atoms with Crippen LogP contribution in [0.4, 0.5) is 14.5 Å². The third-order valence-corrected chi connectivity index (χ3v) is 1.83. The van der Waals surface area contributed by atoms with Crippen molar-refractivity contribution in [1.82, 2.24) is 0 Å². The molecule has 2 N–H and O–H groups in total. The summed E-state index contributed by atoms with van der Waals surface area (Å²) in [4.78, 5) is 10.3. The minimum atomic E-state index is -1.02. The van der Waals surface area contributed by atoms with Crippen molar-refractivity contribution in [2.45, 2.75) is 19.4 Å². The average molecular weight is 215 g/mol. The lowest BCUT2D eigenvalue weighted by molar-refractivity contribution is -0.137. The van der Waals surface area contributed by atoms with Gasteiger partial charge in [0.2, 0.25) is 0 Å². The largest absolute Gasteiger partial charge is 0.481 e. The summed E-state index contributed by atoms with van der Waals surface area (Å²) >= 11 is 0. The van der Waals surface area contributed by atoms with Gasteiger partial charge in [-0.3, -0.25) is 4.79 Å². The maximum absolute atomic E-state index is 13.1. The van der Waals surface area contributed by atoms with Crippen LogP contribution in [0.5, 0.6) is 0 Å². The van der Waals surface area contributed by atoms with Crippen LogP contribution in [-0.2, 0) is 4.79 Å². The molecule has 82 valence electrons. The normalized spacial score (nSPS) is 12.2. The Hall–Kier alpha value is -1.65. The van der Waals surface area contributed by atoms with Crippen molar-refractivity contribution in [3.63, 3.8) is 0 Å². The van der Waals surface area contributed by atoms with E-state index in [1.165, 1.54) is 6.07 Å². The lowest BCUT2D eigenvalue weighted by Crippen LogP contribution is -2.20. The lowest BCUT2D eigenvalue weighted by Gasteiger charge is -2.14. The van der Waals surface area contributed by atoms with Crippen LogP contribution in [0.1, 0.15) is 13.3 Å². The molecule has 0 saturated carbocycles. The van der Waals surface area contributed by atoms with Crippen LogP contribution < -0.4 is 5.32 Å². The first-order valence-corrected chi connectivity index (χ1v) is 4.43. The smallest absolute Gasteiger partial charge is 0.305 e. The predicted molar refractivity (Wildman–Crippen MR) is 51.7 cm³/mol. The Kier molecular flexibility index (Phi) is 3.60. The van der Waals surface area contributed by atoms with E-state index in [0.29, 0.717) is 0 Å². The van der Waals surface area contributed by atoms with E-state index in [2.05, 4.69) is 5.32 Å². The van der Waals surface area contributed by atoms with Crippen molar-refractivity contribution in [3.8, 4) is 0 Å². The topological polar surface area (TPSA) is 49.3 Å². The monoisotopic (exact) mass is 215 g/mol. The molecule has 0 radical (unpaired) electrons. The van der Waals surface area contributed by atoms with E-state index in [0.717, 1.165) is 12.1 Å². The van der Waals surface area contributed by atoms with Crippen LogP contribution in [-0.4, -0.2) is 17.1 Å². The highest BCUT2D eigenvalue weighted by atomic mass is 19.1. The number of para-hydroxylation sites is 1. The number of aliphatic carboxylic acids is 1. The van der Waals surface area contributed by atoms with Gasteiger partial charge in [0.1, 0.15) is 17.3 Å². The number of benzene rings is 1. The highest BCUT2D eigenvalue weighted by Crippen LogP contribution is 2.19. The van der Waals surface area contributed by atoms with E-state index >= 15 is 0 Å². The second-order valence-corrected chi connectivity index (χ2v) is 3.24. The molecule has 1 aromatic rings. The van der Waals surface area contributed by atoms with Crippen LogP contribution >= 0.6 is 0 Å². The fraction of sp³-hybridized carbons (Fsp3) is 0.300. The Labute approximate surface area is 85.7 Å². The van der Waals surface area contributed by atoms with E-state index in [4.69, 9.17) is 5.11 Å². The molecule has 0 fully saturated rings. The highest BCUT2D eigenvalue weighted by molar-refractivity contribution is 5.68. The Bertz CT molecular complexity index is 348. The van der Waals surface area contributed by atoms with Gasteiger partial charge in [-0.15, -0.1) is 0 Å². The molecule has 0 bridgehead atoms. The Morgan fingerprint density at radius 3 is 2.47 bits per heavy atom. The molecular formula is C10H11F2NO2. The van der Waals surface area contributed by atoms with Crippen LogP contribution in [0.2, 0.25) is 0 Å².